The van der Waals surface area contributed by atoms with Crippen molar-refractivity contribution in [3.8, 4) is 0 Å². The highest BCUT2D eigenvalue weighted by atomic mass is 35.5. The third kappa shape index (κ3) is 4.47. The summed E-state index contributed by atoms with van der Waals surface area (Å²) in [5.74, 6) is -0.825. The molecule has 1 aromatic heterocycles. The molecule has 1 unspecified atom stereocenters. The van der Waals surface area contributed by atoms with Crippen LogP contribution < -0.4 is 4.72 Å². The first-order chi connectivity index (χ1) is 9.91. The normalized spacial score (nSPS) is 13.3. The number of nitrogens with zero attached hydrogens (tertiary/aromatic N) is 1. The maximum absolute atomic E-state index is 13.1. The van der Waals surface area contributed by atoms with Gasteiger partial charge in [0.05, 0.1) is 16.8 Å². The maximum atomic E-state index is 13.1. The zero-order valence-corrected chi connectivity index (χ0v) is 13.6. The fraction of sp³-hybridized carbons (Fsp3) is 0.308. The van der Waals surface area contributed by atoms with Crippen LogP contribution >= 0.6 is 22.9 Å². The van der Waals surface area contributed by atoms with Gasteiger partial charge in [0, 0.05) is 11.6 Å². The van der Waals surface area contributed by atoms with E-state index in [4.69, 9.17) is 11.6 Å². The van der Waals surface area contributed by atoms with Crippen LogP contribution in [0, 0.1) is 5.82 Å². The summed E-state index contributed by atoms with van der Waals surface area (Å²) in [6, 6.07) is 3.53. The number of sulfonamides is 1. The van der Waals surface area contributed by atoms with Gasteiger partial charge < -0.3 is 0 Å². The Bertz CT molecular complexity index is 705. The summed E-state index contributed by atoms with van der Waals surface area (Å²) in [6.07, 6.45) is 2.23. The van der Waals surface area contributed by atoms with Crippen LogP contribution in [0.5, 0.6) is 0 Å². The molecule has 21 heavy (non-hydrogen) atoms. The van der Waals surface area contributed by atoms with E-state index in [0.717, 1.165) is 11.1 Å². The molecule has 1 N–H and O–H groups in total. The van der Waals surface area contributed by atoms with Crippen molar-refractivity contribution < 1.29 is 12.8 Å². The van der Waals surface area contributed by atoms with E-state index >= 15 is 0 Å². The molecule has 114 valence electrons. The van der Waals surface area contributed by atoms with Gasteiger partial charge in [0.25, 0.3) is 0 Å². The Hall–Kier alpha value is -1.02. The molecule has 8 heteroatoms. The van der Waals surface area contributed by atoms with Crippen LogP contribution in [0.2, 0.25) is 5.02 Å². The highest BCUT2D eigenvalue weighted by Gasteiger charge is 2.20. The molecule has 1 heterocycles. The van der Waals surface area contributed by atoms with Crippen molar-refractivity contribution in [2.24, 2.45) is 0 Å². The molecule has 0 aliphatic rings. The topological polar surface area (TPSA) is 59.1 Å². The number of rotatable bonds is 6. The lowest BCUT2D eigenvalue weighted by atomic mass is 10.2. The molecule has 0 aliphatic carbocycles. The third-order valence-corrected chi connectivity index (χ3v) is 5.36. The largest absolute Gasteiger partial charge is 0.248 e. The van der Waals surface area contributed by atoms with Gasteiger partial charge in [-0.15, -0.1) is 11.3 Å². The second-order valence-electron chi connectivity index (χ2n) is 4.46. The van der Waals surface area contributed by atoms with E-state index in [2.05, 4.69) is 9.71 Å². The van der Waals surface area contributed by atoms with Crippen molar-refractivity contribution in [2.75, 3.05) is 0 Å². The van der Waals surface area contributed by atoms with E-state index in [1.54, 1.807) is 11.6 Å². The molecule has 0 saturated heterocycles. The van der Waals surface area contributed by atoms with E-state index in [-0.39, 0.29) is 16.8 Å². The monoisotopic (exact) mass is 348 g/mol. The van der Waals surface area contributed by atoms with Crippen LogP contribution in [0.25, 0.3) is 0 Å². The van der Waals surface area contributed by atoms with Gasteiger partial charge >= 0.3 is 0 Å². The summed E-state index contributed by atoms with van der Waals surface area (Å²) >= 11 is 7.06. The average Bonchev–Trinajstić information content (AvgIpc) is 2.94. The molecule has 0 bridgehead atoms. The van der Waals surface area contributed by atoms with Crippen molar-refractivity contribution in [1.29, 1.82) is 0 Å². The van der Waals surface area contributed by atoms with Crippen molar-refractivity contribution in [1.82, 2.24) is 9.71 Å². The molecule has 2 aromatic rings. The van der Waals surface area contributed by atoms with Crippen LogP contribution in [-0.2, 0) is 15.8 Å². The van der Waals surface area contributed by atoms with Crippen LogP contribution in [0.3, 0.4) is 0 Å². The average molecular weight is 349 g/mol. The van der Waals surface area contributed by atoms with E-state index in [1.807, 2.05) is 6.92 Å². The summed E-state index contributed by atoms with van der Waals surface area (Å²) < 4.78 is 40.1. The first-order valence-electron chi connectivity index (χ1n) is 6.24. The lowest BCUT2D eigenvalue weighted by Crippen LogP contribution is -2.29. The number of thiazole rings is 1. The molecular weight excluding hydrogens is 335 g/mol. The molecule has 0 amide bonds. The standard InChI is InChI=1S/C13H14ClFN2O2S2/c1-2-12(13-16-5-6-20-13)17-21(18,19)8-9-3-4-11(15)10(14)7-9/h3-7,12,17H,2,8H2,1H3. The fourth-order valence-corrected chi connectivity index (χ4v) is 4.29. The number of aromatic nitrogens is 1. The molecule has 1 aromatic carbocycles. The number of benzene rings is 1. The van der Waals surface area contributed by atoms with Crippen LogP contribution in [-0.4, -0.2) is 13.4 Å². The van der Waals surface area contributed by atoms with E-state index < -0.39 is 15.8 Å². The molecule has 2 rings (SSSR count). The van der Waals surface area contributed by atoms with Gasteiger partial charge in [-0.05, 0) is 24.1 Å². The van der Waals surface area contributed by atoms with Crippen LogP contribution in [0.1, 0.15) is 30.0 Å². The number of nitrogens with one attached hydrogen (secondary N) is 1. The first-order valence-corrected chi connectivity index (χ1v) is 9.15. The maximum Gasteiger partial charge on any atom is 0.216 e. The molecule has 0 saturated carbocycles. The Kier molecular flexibility index (Phi) is 5.32. The predicted octanol–water partition coefficient (Wildman–Crippen LogP) is 3.51. The second-order valence-corrected chi connectivity index (χ2v) is 7.54. The zero-order chi connectivity index (χ0) is 15.5. The summed E-state index contributed by atoms with van der Waals surface area (Å²) in [6.45, 7) is 1.88. The third-order valence-electron chi connectivity index (χ3n) is 2.82. The van der Waals surface area contributed by atoms with Crippen molar-refractivity contribution in [3.05, 3.63) is 51.2 Å². The van der Waals surface area contributed by atoms with Crippen LogP contribution in [0.4, 0.5) is 4.39 Å². The summed E-state index contributed by atoms with van der Waals surface area (Å²) in [5, 5.41) is 2.43. The van der Waals surface area contributed by atoms with Crippen molar-refractivity contribution in [2.45, 2.75) is 25.1 Å². The van der Waals surface area contributed by atoms with E-state index in [9.17, 15) is 12.8 Å². The smallest absolute Gasteiger partial charge is 0.216 e. The Morgan fingerprint density at radius 2 is 2.24 bits per heavy atom. The minimum Gasteiger partial charge on any atom is -0.248 e. The Morgan fingerprint density at radius 1 is 1.48 bits per heavy atom. The summed E-state index contributed by atoms with van der Waals surface area (Å²) in [4.78, 5) is 4.13. The summed E-state index contributed by atoms with van der Waals surface area (Å²) in [5.41, 5.74) is 0.433. The van der Waals surface area contributed by atoms with Gasteiger partial charge in [0.1, 0.15) is 10.8 Å². The van der Waals surface area contributed by atoms with Gasteiger partial charge in [0.15, 0.2) is 0 Å². The molecule has 0 aliphatic heterocycles. The quantitative estimate of drug-likeness (QED) is 0.869. The van der Waals surface area contributed by atoms with Gasteiger partial charge in [-0.1, -0.05) is 24.6 Å². The summed E-state index contributed by atoms with van der Waals surface area (Å²) in [7, 11) is -3.57. The minimum absolute atomic E-state index is 0.0883. The van der Waals surface area contributed by atoms with E-state index in [1.165, 1.54) is 23.5 Å². The highest BCUT2D eigenvalue weighted by Crippen LogP contribution is 2.22. The van der Waals surface area contributed by atoms with Crippen molar-refractivity contribution in [3.63, 3.8) is 0 Å². The molecule has 4 nitrogen and oxygen atoms in total. The Labute approximate surface area is 132 Å². The first kappa shape index (κ1) is 16.4. The lowest BCUT2D eigenvalue weighted by molar-refractivity contribution is 0.548. The number of hydrogen-bond donors (Lipinski definition) is 1. The number of halogens is 2. The fourth-order valence-electron chi connectivity index (χ4n) is 1.82. The van der Waals surface area contributed by atoms with Gasteiger partial charge in [-0.25, -0.2) is 22.5 Å². The lowest BCUT2D eigenvalue weighted by Gasteiger charge is -2.15. The zero-order valence-electron chi connectivity index (χ0n) is 11.2. The molecule has 0 radical (unpaired) electrons. The van der Waals surface area contributed by atoms with Gasteiger partial charge in [-0.3, -0.25) is 0 Å². The molecule has 0 spiro atoms. The van der Waals surface area contributed by atoms with Crippen LogP contribution in [0.15, 0.2) is 29.8 Å². The van der Waals surface area contributed by atoms with Gasteiger partial charge in [0.2, 0.25) is 10.0 Å². The molecular formula is C13H14ClFN2O2S2. The van der Waals surface area contributed by atoms with Crippen molar-refractivity contribution >= 4 is 33.0 Å². The molecule has 1 atom stereocenters. The minimum atomic E-state index is -3.57. The van der Waals surface area contributed by atoms with Gasteiger partial charge in [-0.2, -0.15) is 0 Å². The second kappa shape index (κ2) is 6.83. The molecule has 0 fully saturated rings. The SMILES string of the molecule is CCC(NS(=O)(=O)Cc1ccc(F)c(Cl)c1)c1nccs1. The number of hydrogen-bond acceptors (Lipinski definition) is 4. The Balaban J connectivity index is 2.12. The Morgan fingerprint density at radius 3 is 2.81 bits per heavy atom. The van der Waals surface area contributed by atoms with E-state index in [0.29, 0.717) is 12.0 Å². The predicted molar refractivity (Wildman–Crippen MR) is 82.3 cm³/mol. The highest BCUT2D eigenvalue weighted by molar-refractivity contribution is 7.88.